The first kappa shape index (κ1) is 17.3. The Morgan fingerprint density at radius 1 is 1.04 bits per heavy atom. The molecule has 2 saturated heterocycles. The normalized spacial score (nSPS) is 23.7. The Morgan fingerprint density at radius 2 is 1.69 bits per heavy atom. The maximum atomic E-state index is 12.8. The number of likely N-dealkylation sites (tertiary alicyclic amines) is 2. The maximum Gasteiger partial charge on any atom is 0.250 e. The third-order valence-electron chi connectivity index (χ3n) is 6.21. The number of para-hydroxylation sites is 2. The van der Waals surface area contributed by atoms with E-state index in [4.69, 9.17) is 0 Å². The van der Waals surface area contributed by atoms with E-state index in [0.717, 1.165) is 50.4 Å². The third kappa shape index (κ3) is 3.07. The fourth-order valence-electron chi connectivity index (χ4n) is 4.44. The number of anilines is 2. The SMILES string of the molecule is C[C@H](C(=O)N1CCCCC1)N1CCC2(CC1)Nc1ccccc1NC2=O. The van der Waals surface area contributed by atoms with Crippen molar-refractivity contribution in [2.24, 2.45) is 0 Å². The van der Waals surface area contributed by atoms with Crippen molar-refractivity contribution in [2.75, 3.05) is 36.8 Å². The van der Waals surface area contributed by atoms with Crippen molar-refractivity contribution >= 4 is 23.2 Å². The van der Waals surface area contributed by atoms with E-state index < -0.39 is 5.54 Å². The summed E-state index contributed by atoms with van der Waals surface area (Å²) in [5, 5.41) is 6.52. The number of hydrogen-bond acceptors (Lipinski definition) is 4. The molecule has 2 amide bonds. The van der Waals surface area contributed by atoms with Gasteiger partial charge in [0.05, 0.1) is 17.4 Å². The van der Waals surface area contributed by atoms with Gasteiger partial charge in [-0.3, -0.25) is 14.5 Å². The zero-order chi connectivity index (χ0) is 18.1. The van der Waals surface area contributed by atoms with E-state index in [1.807, 2.05) is 36.1 Å². The average Bonchev–Trinajstić information content (AvgIpc) is 2.69. The Morgan fingerprint density at radius 3 is 2.38 bits per heavy atom. The van der Waals surface area contributed by atoms with Gasteiger partial charge in [-0.25, -0.2) is 0 Å². The molecule has 0 bridgehead atoms. The topological polar surface area (TPSA) is 64.7 Å². The molecular weight excluding hydrogens is 328 g/mol. The molecule has 0 saturated carbocycles. The van der Waals surface area contributed by atoms with Gasteiger partial charge in [-0.1, -0.05) is 12.1 Å². The van der Waals surface area contributed by atoms with Gasteiger partial charge in [0, 0.05) is 26.2 Å². The van der Waals surface area contributed by atoms with Crippen molar-refractivity contribution in [1.82, 2.24) is 9.80 Å². The van der Waals surface area contributed by atoms with Gasteiger partial charge in [-0.15, -0.1) is 0 Å². The molecular formula is C20H28N4O2. The zero-order valence-electron chi connectivity index (χ0n) is 15.5. The number of benzene rings is 1. The number of amides is 2. The van der Waals surface area contributed by atoms with Gasteiger partial charge in [0.15, 0.2) is 0 Å². The summed E-state index contributed by atoms with van der Waals surface area (Å²) in [6.45, 7) is 5.30. The standard InChI is InChI=1S/C20H28N4O2/c1-15(18(25)24-11-5-2-6-12-24)23-13-9-20(10-14-23)19(26)21-16-7-3-4-8-17(16)22-20/h3-4,7-8,15,22H,2,5-6,9-14H2,1H3,(H,21,26)/t15-/m1/s1. The highest BCUT2D eigenvalue weighted by atomic mass is 16.2. The summed E-state index contributed by atoms with van der Waals surface area (Å²) in [5.74, 6) is 0.290. The fraction of sp³-hybridized carbons (Fsp3) is 0.600. The zero-order valence-corrected chi connectivity index (χ0v) is 15.5. The van der Waals surface area contributed by atoms with Crippen LogP contribution < -0.4 is 10.6 Å². The van der Waals surface area contributed by atoms with Crippen molar-refractivity contribution in [1.29, 1.82) is 0 Å². The highest BCUT2D eigenvalue weighted by Gasteiger charge is 2.45. The van der Waals surface area contributed by atoms with E-state index >= 15 is 0 Å². The quantitative estimate of drug-likeness (QED) is 0.853. The van der Waals surface area contributed by atoms with Gasteiger partial charge in [0.25, 0.3) is 0 Å². The second kappa shape index (κ2) is 6.91. The summed E-state index contributed by atoms with van der Waals surface area (Å²) in [4.78, 5) is 29.8. The van der Waals surface area contributed by atoms with Crippen molar-refractivity contribution < 1.29 is 9.59 Å². The summed E-state index contributed by atoms with van der Waals surface area (Å²) in [6.07, 6.45) is 4.89. The van der Waals surface area contributed by atoms with Crippen LogP contribution in [0, 0.1) is 0 Å². The minimum Gasteiger partial charge on any atom is -0.369 e. The lowest BCUT2D eigenvalue weighted by atomic mass is 9.84. The number of carbonyl (C=O) groups excluding carboxylic acids is 2. The molecule has 1 spiro atoms. The highest BCUT2D eigenvalue weighted by molar-refractivity contribution is 6.06. The first-order valence-electron chi connectivity index (χ1n) is 9.81. The van der Waals surface area contributed by atoms with Crippen molar-refractivity contribution in [3.63, 3.8) is 0 Å². The molecule has 1 aromatic carbocycles. The van der Waals surface area contributed by atoms with E-state index in [0.29, 0.717) is 12.8 Å². The molecule has 0 aliphatic carbocycles. The largest absolute Gasteiger partial charge is 0.369 e. The summed E-state index contributed by atoms with van der Waals surface area (Å²) in [6, 6.07) is 7.72. The molecule has 26 heavy (non-hydrogen) atoms. The van der Waals surface area contributed by atoms with Gasteiger partial charge in [0.2, 0.25) is 11.8 Å². The van der Waals surface area contributed by atoms with Crippen LogP contribution >= 0.6 is 0 Å². The van der Waals surface area contributed by atoms with Crippen molar-refractivity contribution in [3.05, 3.63) is 24.3 Å². The van der Waals surface area contributed by atoms with Gasteiger partial charge < -0.3 is 15.5 Å². The number of rotatable bonds is 2. The molecule has 3 heterocycles. The monoisotopic (exact) mass is 356 g/mol. The lowest BCUT2D eigenvalue weighted by molar-refractivity contribution is -0.138. The van der Waals surface area contributed by atoms with Crippen LogP contribution in [0.1, 0.15) is 39.0 Å². The molecule has 3 aliphatic heterocycles. The number of carbonyl (C=O) groups is 2. The van der Waals surface area contributed by atoms with E-state index in [-0.39, 0.29) is 17.9 Å². The third-order valence-corrected chi connectivity index (χ3v) is 6.21. The van der Waals surface area contributed by atoms with Crippen LogP contribution in [-0.2, 0) is 9.59 Å². The van der Waals surface area contributed by atoms with Crippen LogP contribution in [0.15, 0.2) is 24.3 Å². The second-order valence-electron chi connectivity index (χ2n) is 7.80. The molecule has 3 aliphatic rings. The summed E-state index contributed by atoms with van der Waals surface area (Å²) in [5.41, 5.74) is 1.27. The lowest BCUT2D eigenvalue weighted by Gasteiger charge is -2.46. The van der Waals surface area contributed by atoms with Crippen LogP contribution in [0.4, 0.5) is 11.4 Å². The van der Waals surface area contributed by atoms with E-state index in [1.54, 1.807) is 0 Å². The van der Waals surface area contributed by atoms with E-state index in [2.05, 4.69) is 15.5 Å². The average molecular weight is 356 g/mol. The first-order valence-corrected chi connectivity index (χ1v) is 9.81. The van der Waals surface area contributed by atoms with Crippen LogP contribution in [0.2, 0.25) is 0 Å². The van der Waals surface area contributed by atoms with Gasteiger partial charge in [-0.05, 0) is 51.2 Å². The first-order chi connectivity index (χ1) is 12.6. The van der Waals surface area contributed by atoms with Crippen molar-refractivity contribution in [3.8, 4) is 0 Å². The number of fused-ring (bicyclic) bond motifs is 1. The number of nitrogens with one attached hydrogen (secondary N) is 2. The Balaban J connectivity index is 1.41. The van der Waals surface area contributed by atoms with Crippen LogP contribution in [-0.4, -0.2) is 59.4 Å². The summed E-state index contributed by atoms with van der Waals surface area (Å²) in [7, 11) is 0. The predicted molar refractivity (Wildman–Crippen MR) is 102 cm³/mol. The molecule has 0 aromatic heterocycles. The van der Waals surface area contributed by atoms with E-state index in [9.17, 15) is 9.59 Å². The summed E-state index contributed by atoms with van der Waals surface area (Å²) < 4.78 is 0. The lowest BCUT2D eigenvalue weighted by Crippen LogP contribution is -2.60. The van der Waals surface area contributed by atoms with Gasteiger partial charge >= 0.3 is 0 Å². The van der Waals surface area contributed by atoms with Crippen molar-refractivity contribution in [2.45, 2.75) is 50.6 Å². The molecule has 140 valence electrons. The fourth-order valence-corrected chi connectivity index (χ4v) is 4.44. The second-order valence-corrected chi connectivity index (χ2v) is 7.80. The molecule has 0 radical (unpaired) electrons. The Labute approximate surface area is 154 Å². The van der Waals surface area contributed by atoms with Crippen LogP contribution in [0.5, 0.6) is 0 Å². The molecule has 6 heteroatoms. The highest BCUT2D eigenvalue weighted by Crippen LogP contribution is 2.36. The van der Waals surface area contributed by atoms with E-state index in [1.165, 1.54) is 6.42 Å². The molecule has 4 rings (SSSR count). The van der Waals surface area contributed by atoms with Crippen LogP contribution in [0.25, 0.3) is 0 Å². The Hall–Kier alpha value is -2.08. The Kier molecular flexibility index (Phi) is 4.61. The molecule has 0 unspecified atom stereocenters. The Bertz CT molecular complexity index is 691. The maximum absolute atomic E-state index is 12.8. The molecule has 2 N–H and O–H groups in total. The minimum atomic E-state index is -0.557. The minimum absolute atomic E-state index is 0.0471. The smallest absolute Gasteiger partial charge is 0.250 e. The van der Waals surface area contributed by atoms with Crippen LogP contribution in [0.3, 0.4) is 0 Å². The number of piperidine rings is 2. The molecule has 2 fully saturated rings. The molecule has 1 aromatic rings. The summed E-state index contributed by atoms with van der Waals surface area (Å²) >= 11 is 0. The van der Waals surface area contributed by atoms with Gasteiger partial charge in [-0.2, -0.15) is 0 Å². The molecule has 1 atom stereocenters. The number of hydrogen-bond donors (Lipinski definition) is 2. The van der Waals surface area contributed by atoms with Gasteiger partial charge in [0.1, 0.15) is 5.54 Å². The molecule has 6 nitrogen and oxygen atoms in total. The predicted octanol–water partition coefficient (Wildman–Crippen LogP) is 2.29. The number of nitrogens with zero attached hydrogens (tertiary/aromatic N) is 2.